The number of hydrogen-bond acceptors (Lipinski definition) is 3. The first-order chi connectivity index (χ1) is 27.1. The maximum absolute atomic E-state index is 13.0. The van der Waals surface area contributed by atoms with Gasteiger partial charge in [0.15, 0.2) is 0 Å². The van der Waals surface area contributed by atoms with Crippen molar-refractivity contribution in [2.45, 2.75) is 89.3 Å². The van der Waals surface area contributed by atoms with Gasteiger partial charge in [0.2, 0.25) is 0 Å². The van der Waals surface area contributed by atoms with Crippen LogP contribution >= 0.6 is 0 Å². The van der Waals surface area contributed by atoms with Gasteiger partial charge in [-0.25, -0.2) is 0 Å². The molecule has 2 fully saturated rings. The molecular weight excluding hydrogens is 706 g/mol. The summed E-state index contributed by atoms with van der Waals surface area (Å²) in [5.74, 6) is 3.80. The number of alkyl halides is 3. The molecule has 7 unspecified atom stereocenters. The van der Waals surface area contributed by atoms with Crippen LogP contribution in [0.2, 0.25) is 0 Å². The van der Waals surface area contributed by atoms with E-state index in [4.69, 9.17) is 14.2 Å². The topological polar surface area (TPSA) is 27.7 Å². The van der Waals surface area contributed by atoms with E-state index in [1.165, 1.54) is 53.0 Å². The predicted molar refractivity (Wildman–Crippen MR) is 220 cm³/mol. The summed E-state index contributed by atoms with van der Waals surface area (Å²) in [6, 6.07) is 43.9. The van der Waals surface area contributed by atoms with Crippen LogP contribution in [0.15, 0.2) is 127 Å². The normalized spacial score (nSPS) is 20.1. The summed E-state index contributed by atoms with van der Waals surface area (Å²) in [6.45, 7) is 5.27. The van der Waals surface area contributed by atoms with E-state index in [1.54, 1.807) is 12.1 Å². The van der Waals surface area contributed by atoms with Gasteiger partial charge in [-0.15, -0.1) is 0 Å². The monoisotopic (exact) mass is 756 g/mol. The molecule has 7 atom stereocenters. The van der Waals surface area contributed by atoms with Gasteiger partial charge in [-0.3, -0.25) is 0 Å². The number of rotatable bonds is 14. The lowest BCUT2D eigenvalue weighted by Gasteiger charge is -2.26. The number of benzene rings is 6. The van der Waals surface area contributed by atoms with Crippen LogP contribution in [-0.2, 0) is 0 Å². The van der Waals surface area contributed by atoms with Crippen molar-refractivity contribution in [3.8, 4) is 23.0 Å². The zero-order chi connectivity index (χ0) is 38.8. The van der Waals surface area contributed by atoms with Crippen LogP contribution in [0.1, 0.15) is 93.7 Å². The standard InChI is InChI=1S/C50H51F3O3/c1-32(36-12-18-43(19-13-36)54-31-34(3)50(51,52)53)26-42(38-16-22-45(23-17-38)56-49-29-35-8-9-41(49)28-35)27-33(2)37-14-20-44(21-15-37)55-46-24-25-48-40(30-46)11-10-39-6-4-5-7-47(39)48/h4-7,10-25,30,32-35,41-42,49H,8-9,26-29,31H2,1-3H3. The van der Waals surface area contributed by atoms with Crippen molar-refractivity contribution in [2.24, 2.45) is 17.8 Å². The van der Waals surface area contributed by atoms with E-state index >= 15 is 0 Å². The van der Waals surface area contributed by atoms with Crippen molar-refractivity contribution in [1.82, 2.24) is 0 Å². The molecule has 6 aromatic carbocycles. The molecule has 2 aliphatic rings. The van der Waals surface area contributed by atoms with Crippen LogP contribution in [0.3, 0.4) is 0 Å². The average molecular weight is 757 g/mol. The first-order valence-corrected chi connectivity index (χ1v) is 20.3. The summed E-state index contributed by atoms with van der Waals surface area (Å²) in [7, 11) is 0. The van der Waals surface area contributed by atoms with E-state index in [2.05, 4.69) is 111 Å². The summed E-state index contributed by atoms with van der Waals surface area (Å²) >= 11 is 0. The summed E-state index contributed by atoms with van der Waals surface area (Å²) < 4.78 is 57.4. The quantitative estimate of drug-likeness (QED) is 0.104. The van der Waals surface area contributed by atoms with Crippen molar-refractivity contribution >= 4 is 21.5 Å². The Morgan fingerprint density at radius 2 is 1.18 bits per heavy atom. The first-order valence-electron chi connectivity index (χ1n) is 20.3. The second-order valence-corrected chi connectivity index (χ2v) is 16.5. The molecule has 0 spiro atoms. The Kier molecular flexibility index (Phi) is 11.0. The molecule has 0 aliphatic heterocycles. The number of hydrogen-bond donors (Lipinski definition) is 0. The molecule has 6 aromatic rings. The Bertz CT molecular complexity index is 2230. The van der Waals surface area contributed by atoms with Gasteiger partial charge in [-0.1, -0.05) is 99.6 Å². The second kappa shape index (κ2) is 16.3. The molecule has 0 radical (unpaired) electrons. The molecule has 6 heteroatoms. The van der Waals surface area contributed by atoms with E-state index in [-0.39, 0.29) is 17.8 Å². The van der Waals surface area contributed by atoms with Crippen LogP contribution in [0.25, 0.3) is 21.5 Å². The van der Waals surface area contributed by atoms with Gasteiger partial charge in [-0.2, -0.15) is 13.2 Å². The Hall–Kier alpha value is -4.97. The Morgan fingerprint density at radius 1 is 0.589 bits per heavy atom. The molecule has 2 aliphatic carbocycles. The summed E-state index contributed by atoms with van der Waals surface area (Å²) in [5.41, 5.74) is 3.68. The second-order valence-electron chi connectivity index (χ2n) is 16.5. The lowest BCUT2D eigenvalue weighted by atomic mass is 9.79. The van der Waals surface area contributed by atoms with Crippen LogP contribution in [0, 0.1) is 17.8 Å². The largest absolute Gasteiger partial charge is 0.493 e. The highest BCUT2D eigenvalue weighted by molar-refractivity contribution is 6.07. The van der Waals surface area contributed by atoms with Crippen molar-refractivity contribution in [1.29, 1.82) is 0 Å². The average Bonchev–Trinajstić information content (AvgIpc) is 3.84. The van der Waals surface area contributed by atoms with Gasteiger partial charge in [0, 0.05) is 0 Å². The number of halogens is 3. The molecular formula is C50H51F3O3. The van der Waals surface area contributed by atoms with Crippen LogP contribution in [0.4, 0.5) is 13.2 Å². The highest BCUT2D eigenvalue weighted by Crippen LogP contribution is 2.46. The van der Waals surface area contributed by atoms with Crippen molar-refractivity contribution in [3.63, 3.8) is 0 Å². The Morgan fingerprint density at radius 3 is 1.82 bits per heavy atom. The fraction of sp³-hybridized carbons (Fsp3) is 0.360. The molecule has 0 heterocycles. The third-order valence-electron chi connectivity index (χ3n) is 12.5. The van der Waals surface area contributed by atoms with Gasteiger partial charge in [0.25, 0.3) is 0 Å². The summed E-state index contributed by atoms with van der Waals surface area (Å²) in [6.07, 6.45) is 3.07. The van der Waals surface area contributed by atoms with E-state index in [9.17, 15) is 13.2 Å². The lowest BCUT2D eigenvalue weighted by molar-refractivity contribution is -0.176. The van der Waals surface area contributed by atoms with E-state index < -0.39 is 18.7 Å². The van der Waals surface area contributed by atoms with Gasteiger partial charge in [-0.05, 0) is 155 Å². The highest BCUT2D eigenvalue weighted by atomic mass is 19.4. The minimum absolute atomic E-state index is 0.219. The third kappa shape index (κ3) is 8.70. The zero-order valence-electron chi connectivity index (χ0n) is 32.5. The molecule has 8 rings (SSSR count). The van der Waals surface area contributed by atoms with Gasteiger partial charge < -0.3 is 14.2 Å². The SMILES string of the molecule is CC(CC(CC(C)c1ccc(Oc2ccc3c(ccc4ccccc43)c2)cc1)c1ccc(OC2CC3CCC2C3)cc1)c1ccc(OCC(C)C(F)(F)F)cc1. The molecule has 2 bridgehead atoms. The maximum Gasteiger partial charge on any atom is 0.394 e. The minimum Gasteiger partial charge on any atom is -0.493 e. The molecule has 0 N–H and O–H groups in total. The van der Waals surface area contributed by atoms with E-state index in [1.807, 2.05) is 18.2 Å². The van der Waals surface area contributed by atoms with E-state index in [0.29, 0.717) is 17.8 Å². The molecule has 56 heavy (non-hydrogen) atoms. The molecule has 3 nitrogen and oxygen atoms in total. The van der Waals surface area contributed by atoms with Crippen molar-refractivity contribution in [3.05, 3.63) is 144 Å². The van der Waals surface area contributed by atoms with Crippen LogP contribution in [-0.4, -0.2) is 18.9 Å². The van der Waals surface area contributed by atoms with Crippen molar-refractivity contribution < 1.29 is 27.4 Å². The smallest absolute Gasteiger partial charge is 0.394 e. The molecule has 0 amide bonds. The molecule has 0 saturated heterocycles. The Labute approximate surface area is 328 Å². The zero-order valence-corrected chi connectivity index (χ0v) is 32.5. The fourth-order valence-corrected chi connectivity index (χ4v) is 9.08. The predicted octanol–water partition coefficient (Wildman–Crippen LogP) is 14.4. The van der Waals surface area contributed by atoms with Crippen LogP contribution in [0.5, 0.6) is 23.0 Å². The molecule has 2 saturated carbocycles. The fourth-order valence-electron chi connectivity index (χ4n) is 9.08. The lowest BCUT2D eigenvalue weighted by Crippen LogP contribution is -2.25. The van der Waals surface area contributed by atoms with Crippen molar-refractivity contribution in [2.75, 3.05) is 6.61 Å². The summed E-state index contributed by atoms with van der Waals surface area (Å²) in [5, 5.41) is 4.83. The van der Waals surface area contributed by atoms with E-state index in [0.717, 1.165) is 53.9 Å². The third-order valence-corrected chi connectivity index (χ3v) is 12.5. The molecule has 290 valence electrons. The first kappa shape index (κ1) is 37.9. The highest BCUT2D eigenvalue weighted by Gasteiger charge is 2.41. The number of ether oxygens (including phenoxy) is 3. The van der Waals surface area contributed by atoms with Gasteiger partial charge in [0.05, 0.1) is 12.5 Å². The maximum atomic E-state index is 13.0. The number of fused-ring (bicyclic) bond motifs is 5. The minimum atomic E-state index is -4.27. The van der Waals surface area contributed by atoms with Crippen LogP contribution < -0.4 is 14.2 Å². The van der Waals surface area contributed by atoms with Gasteiger partial charge in [0.1, 0.15) is 29.1 Å². The Balaban J connectivity index is 0.953. The molecule has 0 aromatic heterocycles. The summed E-state index contributed by atoms with van der Waals surface area (Å²) in [4.78, 5) is 0. The van der Waals surface area contributed by atoms with Gasteiger partial charge >= 0.3 is 6.18 Å².